The molecule has 1 amide bonds. The fourth-order valence-electron chi connectivity index (χ4n) is 1.98. The highest BCUT2D eigenvalue weighted by molar-refractivity contribution is 8.18. The fraction of sp³-hybridized carbons (Fsp3) is 0.294. The Kier molecular flexibility index (Phi) is 5.68. The summed E-state index contributed by atoms with van der Waals surface area (Å²) in [5.41, 5.74) is 0.942. The van der Waals surface area contributed by atoms with Crippen molar-refractivity contribution in [2.24, 2.45) is 4.99 Å². The molecule has 0 unspecified atom stereocenters. The quantitative estimate of drug-likeness (QED) is 0.620. The van der Waals surface area contributed by atoms with Crippen molar-refractivity contribution < 1.29 is 9.53 Å². The summed E-state index contributed by atoms with van der Waals surface area (Å²) in [6.07, 6.45) is 7.03. The summed E-state index contributed by atoms with van der Waals surface area (Å²) < 4.78 is 5.33. The molecule has 114 valence electrons. The van der Waals surface area contributed by atoms with Crippen LogP contribution < -0.4 is 4.74 Å². The number of carbonyl (C=O) groups excluding carboxylic acids is 1. The number of amides is 1. The Labute approximate surface area is 135 Å². The lowest BCUT2D eigenvalue weighted by atomic mass is 10.2. The molecular formula is C17H18N2O2S. The molecule has 0 atom stereocenters. The highest BCUT2D eigenvalue weighted by Gasteiger charge is 2.31. The zero-order valence-electron chi connectivity index (χ0n) is 12.7. The maximum Gasteiger partial charge on any atom is 0.266 e. The number of benzene rings is 1. The predicted molar refractivity (Wildman–Crippen MR) is 91.7 cm³/mol. The minimum absolute atomic E-state index is 0.00681. The van der Waals surface area contributed by atoms with Gasteiger partial charge in [0.15, 0.2) is 5.17 Å². The third-order valence-electron chi connectivity index (χ3n) is 3.00. The summed E-state index contributed by atoms with van der Waals surface area (Å²) in [6, 6.07) is 7.48. The van der Waals surface area contributed by atoms with E-state index in [0.29, 0.717) is 23.7 Å². The van der Waals surface area contributed by atoms with Gasteiger partial charge in [-0.25, -0.2) is 0 Å². The number of terminal acetylenes is 1. The maximum absolute atomic E-state index is 12.3. The number of thioether (sulfide) groups is 1. The number of ether oxygens (including phenoxy) is 1. The lowest BCUT2D eigenvalue weighted by Gasteiger charge is -2.11. The van der Waals surface area contributed by atoms with Crippen LogP contribution in [0, 0.1) is 12.3 Å². The van der Waals surface area contributed by atoms with Gasteiger partial charge >= 0.3 is 0 Å². The van der Waals surface area contributed by atoms with Crippen LogP contribution >= 0.6 is 11.8 Å². The first-order valence-electron chi connectivity index (χ1n) is 7.11. The van der Waals surface area contributed by atoms with Crippen LogP contribution in [0.25, 0.3) is 6.08 Å². The van der Waals surface area contributed by atoms with Gasteiger partial charge in [0.2, 0.25) is 0 Å². The number of nitrogens with zero attached hydrogens (tertiary/aromatic N) is 2. The maximum atomic E-state index is 12.3. The van der Waals surface area contributed by atoms with Crippen LogP contribution in [-0.4, -0.2) is 35.7 Å². The number of hydrogen-bond donors (Lipinski definition) is 0. The Bertz CT molecular complexity index is 642. The highest BCUT2D eigenvalue weighted by Crippen LogP contribution is 2.32. The molecule has 1 aliphatic rings. The molecule has 2 rings (SSSR count). The number of likely N-dealkylation sites (N-methyl/N-ethyl adjacent to an activating group) is 1. The molecule has 5 heteroatoms. The van der Waals surface area contributed by atoms with Crippen molar-refractivity contribution in [2.45, 2.75) is 13.8 Å². The van der Waals surface area contributed by atoms with Crippen molar-refractivity contribution in [1.29, 1.82) is 0 Å². The Morgan fingerprint density at radius 2 is 2.09 bits per heavy atom. The zero-order chi connectivity index (χ0) is 15.9. The van der Waals surface area contributed by atoms with Crippen LogP contribution in [0.5, 0.6) is 5.75 Å². The lowest BCUT2D eigenvalue weighted by molar-refractivity contribution is -0.122. The van der Waals surface area contributed by atoms with Gasteiger partial charge in [-0.1, -0.05) is 18.1 Å². The van der Waals surface area contributed by atoms with Crippen LogP contribution in [-0.2, 0) is 4.79 Å². The number of rotatable bonds is 5. The van der Waals surface area contributed by atoms with E-state index in [-0.39, 0.29) is 12.5 Å². The lowest BCUT2D eigenvalue weighted by Crippen LogP contribution is -2.28. The Balaban J connectivity index is 2.17. The molecular weight excluding hydrogens is 296 g/mol. The number of hydrogen-bond acceptors (Lipinski definition) is 4. The molecule has 0 saturated carbocycles. The van der Waals surface area contributed by atoms with E-state index >= 15 is 0 Å². The van der Waals surface area contributed by atoms with E-state index < -0.39 is 0 Å². The number of aliphatic imine (C=N–C) groups is 1. The van der Waals surface area contributed by atoms with E-state index in [1.807, 2.05) is 44.2 Å². The fourth-order valence-corrected chi connectivity index (χ4v) is 3.08. The van der Waals surface area contributed by atoms with Crippen LogP contribution in [0.4, 0.5) is 0 Å². The van der Waals surface area contributed by atoms with E-state index in [2.05, 4.69) is 10.9 Å². The van der Waals surface area contributed by atoms with Gasteiger partial charge in [0.25, 0.3) is 5.91 Å². The first-order valence-corrected chi connectivity index (χ1v) is 7.93. The Morgan fingerprint density at radius 1 is 1.36 bits per heavy atom. The van der Waals surface area contributed by atoms with E-state index in [9.17, 15) is 4.79 Å². The van der Waals surface area contributed by atoms with E-state index in [1.54, 1.807) is 4.90 Å². The summed E-state index contributed by atoms with van der Waals surface area (Å²) in [5, 5.41) is 0.773. The van der Waals surface area contributed by atoms with Crippen LogP contribution in [0.3, 0.4) is 0 Å². The summed E-state index contributed by atoms with van der Waals surface area (Å²) in [5.74, 6) is 3.15. The first kappa shape index (κ1) is 16.2. The van der Waals surface area contributed by atoms with Gasteiger partial charge in [0, 0.05) is 13.1 Å². The third-order valence-corrected chi connectivity index (χ3v) is 4.04. The average Bonchev–Trinajstić information content (AvgIpc) is 2.82. The van der Waals surface area contributed by atoms with Gasteiger partial charge in [-0.15, -0.1) is 6.42 Å². The van der Waals surface area contributed by atoms with E-state index in [1.165, 1.54) is 11.8 Å². The van der Waals surface area contributed by atoms with Crippen molar-refractivity contribution in [3.05, 3.63) is 34.7 Å². The van der Waals surface area contributed by atoms with E-state index in [0.717, 1.165) is 10.7 Å². The standard InChI is InChI=1S/C17H18N2O2S/c1-4-11-21-14-9-7-13(8-10-14)12-15-16(20)19(6-3)17(22-15)18-5-2/h1,7-10,12H,5-6,11H2,2-3H3/b15-12+,18-17?. The second kappa shape index (κ2) is 7.71. The normalized spacial score (nSPS) is 18.0. The Hall–Kier alpha value is -2.19. The molecule has 0 spiro atoms. The van der Waals surface area contributed by atoms with Gasteiger partial charge in [-0.2, -0.15) is 0 Å². The molecule has 22 heavy (non-hydrogen) atoms. The van der Waals surface area contributed by atoms with Gasteiger partial charge < -0.3 is 4.74 Å². The molecule has 1 fully saturated rings. The summed E-state index contributed by atoms with van der Waals surface area (Å²) in [4.78, 5) is 19.1. The van der Waals surface area contributed by atoms with Crippen molar-refractivity contribution >= 4 is 28.9 Å². The van der Waals surface area contributed by atoms with Gasteiger partial charge in [0.1, 0.15) is 12.4 Å². The Morgan fingerprint density at radius 3 is 2.68 bits per heavy atom. The average molecular weight is 314 g/mol. The second-order valence-corrected chi connectivity index (χ2v) is 5.49. The monoisotopic (exact) mass is 314 g/mol. The van der Waals surface area contributed by atoms with Crippen molar-refractivity contribution in [3.63, 3.8) is 0 Å². The van der Waals surface area contributed by atoms with Gasteiger partial charge in [-0.3, -0.25) is 14.7 Å². The molecule has 0 aliphatic carbocycles. The molecule has 4 nitrogen and oxygen atoms in total. The number of carbonyl (C=O) groups is 1. The van der Waals surface area contributed by atoms with Crippen molar-refractivity contribution in [3.8, 4) is 18.1 Å². The number of amidine groups is 1. The molecule has 1 saturated heterocycles. The summed E-state index contributed by atoms with van der Waals surface area (Å²) in [6.45, 7) is 5.45. The predicted octanol–water partition coefficient (Wildman–Crippen LogP) is 3.01. The minimum Gasteiger partial charge on any atom is -0.481 e. The highest BCUT2D eigenvalue weighted by atomic mass is 32.2. The largest absolute Gasteiger partial charge is 0.481 e. The summed E-state index contributed by atoms with van der Waals surface area (Å²) in [7, 11) is 0. The smallest absolute Gasteiger partial charge is 0.266 e. The zero-order valence-corrected chi connectivity index (χ0v) is 13.5. The third kappa shape index (κ3) is 3.71. The first-order chi connectivity index (χ1) is 10.7. The molecule has 0 aromatic heterocycles. The van der Waals surface area contributed by atoms with Crippen LogP contribution in [0.15, 0.2) is 34.2 Å². The van der Waals surface area contributed by atoms with Crippen LogP contribution in [0.2, 0.25) is 0 Å². The topological polar surface area (TPSA) is 41.9 Å². The molecule has 1 heterocycles. The molecule has 1 aromatic rings. The summed E-state index contributed by atoms with van der Waals surface area (Å²) >= 11 is 1.42. The molecule has 0 bridgehead atoms. The van der Waals surface area contributed by atoms with Gasteiger partial charge in [0.05, 0.1) is 4.91 Å². The van der Waals surface area contributed by atoms with Crippen LogP contribution in [0.1, 0.15) is 19.4 Å². The molecule has 1 aliphatic heterocycles. The van der Waals surface area contributed by atoms with Crippen molar-refractivity contribution in [2.75, 3.05) is 19.7 Å². The molecule has 1 aromatic carbocycles. The molecule has 0 N–H and O–H groups in total. The van der Waals surface area contributed by atoms with Crippen molar-refractivity contribution in [1.82, 2.24) is 4.90 Å². The SMILES string of the molecule is C#CCOc1ccc(/C=C2/SC(=NCC)N(CC)C2=O)cc1. The van der Waals surface area contributed by atoms with Gasteiger partial charge in [-0.05, 0) is 49.4 Å². The molecule has 0 radical (unpaired) electrons. The minimum atomic E-state index is 0.00681. The van der Waals surface area contributed by atoms with E-state index in [4.69, 9.17) is 11.2 Å². The second-order valence-electron chi connectivity index (χ2n) is 4.48.